The molecule has 0 aliphatic carbocycles. The van der Waals surface area contributed by atoms with Gasteiger partial charge < -0.3 is 14.5 Å². The van der Waals surface area contributed by atoms with E-state index in [1.807, 2.05) is 48.2 Å². The van der Waals surface area contributed by atoms with Gasteiger partial charge in [-0.1, -0.05) is 61.5 Å². The normalized spacial score (nSPS) is 16.4. The molecule has 1 amide bonds. The van der Waals surface area contributed by atoms with Crippen LogP contribution in [0.1, 0.15) is 18.9 Å². The van der Waals surface area contributed by atoms with Crippen LogP contribution in [-0.4, -0.2) is 49.6 Å². The van der Waals surface area contributed by atoms with Crippen LogP contribution < -0.4 is 9.64 Å². The summed E-state index contributed by atoms with van der Waals surface area (Å²) in [5, 5.41) is 0. The highest BCUT2D eigenvalue weighted by atomic mass is 16.5. The van der Waals surface area contributed by atoms with Gasteiger partial charge in [0.2, 0.25) is 0 Å². The average molecular weight is 365 g/mol. The molecule has 1 heterocycles. The molecule has 1 aliphatic heterocycles. The molecule has 0 spiro atoms. The lowest BCUT2D eigenvalue weighted by atomic mass is 10.2. The van der Waals surface area contributed by atoms with Crippen LogP contribution in [0.15, 0.2) is 66.7 Å². The third-order valence-electron chi connectivity index (χ3n) is 4.97. The van der Waals surface area contributed by atoms with E-state index in [1.165, 1.54) is 10.5 Å². The van der Waals surface area contributed by atoms with Crippen LogP contribution in [0.3, 0.4) is 0 Å². The molecular weight excluding hydrogens is 336 g/mol. The number of benzene rings is 2. The van der Waals surface area contributed by atoms with E-state index in [1.54, 1.807) is 0 Å². The van der Waals surface area contributed by atoms with Gasteiger partial charge in [-0.3, -0.25) is 4.79 Å². The van der Waals surface area contributed by atoms with Crippen LogP contribution in [0.4, 0.5) is 0 Å². The molecule has 0 saturated carbocycles. The predicted molar refractivity (Wildman–Crippen MR) is 109 cm³/mol. The maximum atomic E-state index is 12.8. The Morgan fingerprint density at radius 2 is 1.70 bits per heavy atom. The second-order valence-electron chi connectivity index (χ2n) is 6.92. The first-order valence-electron chi connectivity index (χ1n) is 9.82. The van der Waals surface area contributed by atoms with Crippen LogP contribution >= 0.6 is 0 Å². The van der Waals surface area contributed by atoms with Crippen molar-refractivity contribution in [2.45, 2.75) is 19.4 Å². The number of hydrogen-bond acceptors (Lipinski definition) is 2. The van der Waals surface area contributed by atoms with E-state index in [2.05, 4.69) is 36.4 Å². The molecule has 1 aliphatic rings. The van der Waals surface area contributed by atoms with E-state index in [0.29, 0.717) is 6.42 Å². The second kappa shape index (κ2) is 9.93. The summed E-state index contributed by atoms with van der Waals surface area (Å²) in [7, 11) is 0. The summed E-state index contributed by atoms with van der Waals surface area (Å²) in [5.41, 5.74) is 1.23. The van der Waals surface area contributed by atoms with Crippen LogP contribution in [-0.2, 0) is 4.79 Å². The Hall–Kier alpha value is -2.59. The summed E-state index contributed by atoms with van der Waals surface area (Å²) < 4.78 is 5.91. The zero-order chi connectivity index (χ0) is 18.9. The number of hydrogen-bond donors (Lipinski definition) is 1. The van der Waals surface area contributed by atoms with Crippen molar-refractivity contribution in [2.24, 2.45) is 0 Å². The first-order valence-corrected chi connectivity index (χ1v) is 9.82. The fraction of sp³-hybridized carbons (Fsp3) is 0.348. The minimum Gasteiger partial charge on any atom is -0.481 e. The van der Waals surface area contributed by atoms with E-state index in [9.17, 15) is 4.79 Å². The van der Waals surface area contributed by atoms with Crippen molar-refractivity contribution in [3.63, 3.8) is 0 Å². The van der Waals surface area contributed by atoms with E-state index in [4.69, 9.17) is 4.74 Å². The number of amides is 1. The minimum atomic E-state index is -0.396. The van der Waals surface area contributed by atoms with Gasteiger partial charge in [0.25, 0.3) is 5.91 Å². The molecule has 0 radical (unpaired) electrons. The number of rotatable bonds is 7. The Bertz CT molecular complexity index is 723. The standard InChI is InChI=1S/C23H28N2O2/c1-2-22(27-21-13-7-4-8-14-21)23(26)25-18-16-24(17-19-25)15-9-12-20-10-5-3-6-11-20/h3-14,22H,2,15-19H2,1H3/p+1/b12-9+/t22-/m1/s1. The molecule has 4 heteroatoms. The third-order valence-corrected chi connectivity index (χ3v) is 4.97. The van der Waals surface area contributed by atoms with E-state index in [0.717, 1.165) is 38.5 Å². The Labute approximate surface area is 162 Å². The average Bonchev–Trinajstić information content (AvgIpc) is 2.73. The number of para-hydroxylation sites is 1. The fourth-order valence-electron chi connectivity index (χ4n) is 3.35. The van der Waals surface area contributed by atoms with Gasteiger partial charge in [0.15, 0.2) is 6.10 Å². The summed E-state index contributed by atoms with van der Waals surface area (Å²) >= 11 is 0. The molecule has 27 heavy (non-hydrogen) atoms. The van der Waals surface area contributed by atoms with Gasteiger partial charge in [0, 0.05) is 0 Å². The molecule has 0 bridgehead atoms. The van der Waals surface area contributed by atoms with Crippen molar-refractivity contribution in [3.8, 4) is 5.75 Å². The summed E-state index contributed by atoms with van der Waals surface area (Å²) in [6, 6.07) is 20.0. The monoisotopic (exact) mass is 365 g/mol. The van der Waals surface area contributed by atoms with Crippen LogP contribution in [0.5, 0.6) is 5.75 Å². The van der Waals surface area contributed by atoms with Crippen LogP contribution in [0.25, 0.3) is 6.08 Å². The van der Waals surface area contributed by atoms with Gasteiger partial charge in [-0.25, -0.2) is 0 Å². The van der Waals surface area contributed by atoms with Crippen LogP contribution in [0, 0.1) is 0 Å². The molecule has 2 aromatic carbocycles. The Balaban J connectivity index is 1.46. The molecule has 2 aromatic rings. The van der Waals surface area contributed by atoms with Crippen molar-refractivity contribution in [1.82, 2.24) is 4.90 Å². The van der Waals surface area contributed by atoms with Crippen molar-refractivity contribution in [1.29, 1.82) is 0 Å². The van der Waals surface area contributed by atoms with E-state index >= 15 is 0 Å². The van der Waals surface area contributed by atoms with Crippen molar-refractivity contribution < 1.29 is 14.4 Å². The van der Waals surface area contributed by atoms with Crippen LogP contribution in [0.2, 0.25) is 0 Å². The molecule has 3 rings (SSSR count). The van der Waals surface area contributed by atoms with Crippen molar-refractivity contribution in [3.05, 3.63) is 72.3 Å². The maximum absolute atomic E-state index is 12.8. The lowest BCUT2D eigenvalue weighted by Crippen LogP contribution is -3.14. The maximum Gasteiger partial charge on any atom is 0.264 e. The minimum absolute atomic E-state index is 0.111. The topological polar surface area (TPSA) is 34.0 Å². The zero-order valence-corrected chi connectivity index (χ0v) is 16.0. The van der Waals surface area contributed by atoms with Crippen molar-refractivity contribution >= 4 is 12.0 Å². The Morgan fingerprint density at radius 3 is 2.33 bits per heavy atom. The zero-order valence-electron chi connectivity index (χ0n) is 16.0. The number of piperazine rings is 1. The lowest BCUT2D eigenvalue weighted by molar-refractivity contribution is -0.898. The third kappa shape index (κ3) is 5.69. The number of nitrogens with one attached hydrogen (secondary N) is 1. The Kier molecular flexibility index (Phi) is 7.05. The largest absolute Gasteiger partial charge is 0.481 e. The molecule has 1 N–H and O–H groups in total. The van der Waals surface area contributed by atoms with Gasteiger partial charge in [-0.05, 0) is 30.2 Å². The summed E-state index contributed by atoms with van der Waals surface area (Å²) in [5.74, 6) is 0.869. The molecule has 1 saturated heterocycles. The van der Waals surface area contributed by atoms with E-state index in [-0.39, 0.29) is 5.91 Å². The van der Waals surface area contributed by atoms with Gasteiger partial charge in [0.05, 0.1) is 32.7 Å². The van der Waals surface area contributed by atoms with Crippen molar-refractivity contribution in [2.75, 3.05) is 32.7 Å². The van der Waals surface area contributed by atoms with Gasteiger partial charge in [-0.15, -0.1) is 0 Å². The number of carbonyl (C=O) groups is 1. The predicted octanol–water partition coefficient (Wildman–Crippen LogP) is 2.28. The highest BCUT2D eigenvalue weighted by Gasteiger charge is 2.29. The summed E-state index contributed by atoms with van der Waals surface area (Å²) in [6.07, 6.45) is 4.69. The van der Waals surface area contributed by atoms with Gasteiger partial charge >= 0.3 is 0 Å². The lowest BCUT2D eigenvalue weighted by Gasteiger charge is -2.33. The van der Waals surface area contributed by atoms with E-state index < -0.39 is 6.10 Å². The first kappa shape index (κ1) is 19.2. The van der Waals surface area contributed by atoms with Gasteiger partial charge in [-0.2, -0.15) is 0 Å². The molecule has 1 fully saturated rings. The molecule has 0 unspecified atom stereocenters. The quantitative estimate of drug-likeness (QED) is 0.817. The fourth-order valence-corrected chi connectivity index (χ4v) is 3.35. The molecule has 142 valence electrons. The number of quaternary nitrogens is 1. The summed E-state index contributed by atoms with van der Waals surface area (Å²) in [6.45, 7) is 6.54. The number of ether oxygens (including phenoxy) is 1. The molecule has 4 nitrogen and oxygen atoms in total. The van der Waals surface area contributed by atoms with Gasteiger partial charge in [0.1, 0.15) is 5.75 Å². The number of nitrogens with zero attached hydrogens (tertiary/aromatic N) is 1. The first-order chi connectivity index (χ1) is 13.3. The SMILES string of the molecule is CC[C@@H](Oc1ccccc1)C(=O)N1CC[NH+](C/C=C/c2ccccc2)CC1. The highest BCUT2D eigenvalue weighted by Crippen LogP contribution is 2.14. The molecule has 1 atom stereocenters. The molecular formula is C23H29N2O2+. The highest BCUT2D eigenvalue weighted by molar-refractivity contribution is 5.81. The second-order valence-corrected chi connectivity index (χ2v) is 6.92. The molecule has 0 aromatic heterocycles. The number of carbonyl (C=O) groups excluding carboxylic acids is 1. The Morgan fingerprint density at radius 1 is 1.07 bits per heavy atom. The summed E-state index contributed by atoms with van der Waals surface area (Å²) in [4.78, 5) is 16.3. The smallest absolute Gasteiger partial charge is 0.264 e.